The van der Waals surface area contributed by atoms with Crippen LogP contribution in [-0.4, -0.2) is 61.9 Å². The molecule has 1 saturated heterocycles. The van der Waals surface area contributed by atoms with Gasteiger partial charge < -0.3 is 9.47 Å². The van der Waals surface area contributed by atoms with E-state index in [1.807, 2.05) is 0 Å². The Morgan fingerprint density at radius 3 is 1.79 bits per heavy atom. The van der Waals surface area contributed by atoms with Crippen molar-refractivity contribution >= 4 is 10.0 Å². The summed E-state index contributed by atoms with van der Waals surface area (Å²) in [5.74, 6) is -11.2. The van der Waals surface area contributed by atoms with Gasteiger partial charge in [0.1, 0.15) is 6.79 Å². The first-order valence-corrected chi connectivity index (χ1v) is 10.6. The van der Waals surface area contributed by atoms with Gasteiger partial charge in [0.15, 0.2) is 0 Å². The van der Waals surface area contributed by atoms with Crippen molar-refractivity contribution in [1.29, 1.82) is 0 Å². The van der Waals surface area contributed by atoms with Crippen molar-refractivity contribution in [3.8, 4) is 0 Å². The van der Waals surface area contributed by atoms with Crippen LogP contribution in [0.15, 0.2) is 0 Å². The average molecular weight is 441 g/mol. The van der Waals surface area contributed by atoms with Gasteiger partial charge in [0.05, 0.1) is 12.2 Å². The minimum atomic E-state index is -6.04. The van der Waals surface area contributed by atoms with Crippen molar-refractivity contribution in [2.24, 2.45) is 0 Å². The van der Waals surface area contributed by atoms with Crippen LogP contribution in [0.4, 0.5) is 26.3 Å². The van der Waals surface area contributed by atoms with E-state index >= 15 is 0 Å². The van der Waals surface area contributed by atoms with E-state index in [0.717, 1.165) is 32.1 Å². The summed E-state index contributed by atoms with van der Waals surface area (Å²) in [6, 6.07) is 0. The van der Waals surface area contributed by atoms with E-state index in [9.17, 15) is 34.8 Å². The van der Waals surface area contributed by atoms with E-state index in [0.29, 0.717) is 0 Å². The third-order valence-electron chi connectivity index (χ3n) is 5.14. The van der Waals surface area contributed by atoms with Crippen LogP contribution < -0.4 is 0 Å². The molecule has 0 spiro atoms. The maximum Gasteiger partial charge on any atom is 0.427 e. The zero-order chi connectivity index (χ0) is 21.2. The summed E-state index contributed by atoms with van der Waals surface area (Å²) in [4.78, 5) is 0. The zero-order valence-corrected chi connectivity index (χ0v) is 16.3. The zero-order valence-electron chi connectivity index (χ0n) is 15.5. The van der Waals surface area contributed by atoms with Crippen LogP contribution in [0, 0.1) is 0 Å². The van der Waals surface area contributed by atoms with E-state index in [1.165, 1.54) is 0 Å². The third-order valence-corrected chi connectivity index (χ3v) is 7.09. The molecule has 2 fully saturated rings. The first-order chi connectivity index (χ1) is 12.8. The molecule has 12 heteroatoms. The predicted molar refractivity (Wildman–Crippen MR) is 87.9 cm³/mol. The number of alkyl halides is 6. The van der Waals surface area contributed by atoms with Gasteiger partial charge >= 0.3 is 17.1 Å². The van der Waals surface area contributed by atoms with Gasteiger partial charge in [-0.05, 0) is 25.7 Å². The molecule has 0 radical (unpaired) electrons. The van der Waals surface area contributed by atoms with Crippen LogP contribution in [0.3, 0.4) is 0 Å². The first kappa shape index (κ1) is 23.7. The van der Waals surface area contributed by atoms with Crippen LogP contribution in [0.5, 0.6) is 0 Å². The van der Waals surface area contributed by atoms with Crippen molar-refractivity contribution < 1.29 is 44.2 Å². The number of hydrogen-bond acceptors (Lipinski definition) is 4. The van der Waals surface area contributed by atoms with Gasteiger partial charge in [-0.1, -0.05) is 19.3 Å². The molecule has 1 aliphatic heterocycles. The minimum absolute atomic E-state index is 0.0294. The van der Waals surface area contributed by atoms with Gasteiger partial charge in [-0.3, -0.25) is 0 Å². The standard InChI is InChI=1S/C16H25F6NO4S/c1-14(17,18)15(19,20)16(21,22)28(24,25)23-9-7-13(8-10-23)27-11-26-12-5-3-2-4-6-12/h12-13H,2-11H2,1H3. The number of halogens is 6. The maximum atomic E-state index is 13.9. The average Bonchev–Trinajstić information content (AvgIpc) is 2.62. The summed E-state index contributed by atoms with van der Waals surface area (Å²) < 4.78 is 115. The van der Waals surface area contributed by atoms with E-state index < -0.39 is 53.2 Å². The number of hydrogen-bond donors (Lipinski definition) is 0. The van der Waals surface area contributed by atoms with Gasteiger partial charge in [0.25, 0.3) is 10.0 Å². The van der Waals surface area contributed by atoms with E-state index in [2.05, 4.69) is 0 Å². The topological polar surface area (TPSA) is 55.8 Å². The molecule has 0 aromatic rings. The first-order valence-electron chi connectivity index (χ1n) is 9.17. The Labute approximate surface area is 160 Å². The monoisotopic (exact) mass is 441 g/mol. The summed E-state index contributed by atoms with van der Waals surface area (Å²) >= 11 is 0. The fourth-order valence-corrected chi connectivity index (χ4v) is 4.80. The number of nitrogens with zero attached hydrogens (tertiary/aromatic N) is 1. The molecular weight excluding hydrogens is 416 g/mol. The molecule has 0 bridgehead atoms. The van der Waals surface area contributed by atoms with Crippen LogP contribution >= 0.6 is 0 Å². The predicted octanol–water partition coefficient (Wildman–Crippen LogP) is 3.99. The smallest absolute Gasteiger partial charge is 0.352 e. The van der Waals surface area contributed by atoms with Crippen molar-refractivity contribution in [3.63, 3.8) is 0 Å². The van der Waals surface area contributed by atoms with Gasteiger partial charge in [-0.25, -0.2) is 8.42 Å². The van der Waals surface area contributed by atoms with Crippen molar-refractivity contribution in [2.45, 2.75) is 81.2 Å². The second kappa shape index (κ2) is 8.65. The van der Waals surface area contributed by atoms with E-state index in [-0.39, 0.29) is 30.0 Å². The van der Waals surface area contributed by atoms with Gasteiger partial charge in [0.2, 0.25) is 0 Å². The molecule has 0 aromatic heterocycles. The Kier molecular flexibility index (Phi) is 7.31. The molecule has 0 unspecified atom stereocenters. The largest absolute Gasteiger partial charge is 0.427 e. The number of ether oxygens (including phenoxy) is 2. The number of piperidine rings is 1. The second-order valence-electron chi connectivity index (χ2n) is 7.29. The van der Waals surface area contributed by atoms with Gasteiger partial charge in [-0.15, -0.1) is 0 Å². The normalized spacial score (nSPS) is 22.5. The third kappa shape index (κ3) is 4.76. The Morgan fingerprint density at radius 1 is 0.857 bits per heavy atom. The summed E-state index contributed by atoms with van der Waals surface area (Å²) in [6.07, 6.45) is 4.67. The lowest BCUT2D eigenvalue weighted by atomic mass is 9.98. The molecule has 0 N–H and O–H groups in total. The lowest BCUT2D eigenvalue weighted by Gasteiger charge is -2.36. The fourth-order valence-electron chi connectivity index (χ4n) is 3.28. The van der Waals surface area contributed by atoms with E-state index in [4.69, 9.17) is 9.47 Å². The molecule has 5 nitrogen and oxygen atoms in total. The number of sulfonamides is 1. The molecule has 166 valence electrons. The molecule has 0 atom stereocenters. The summed E-state index contributed by atoms with van der Waals surface area (Å²) in [5, 5.41) is -5.93. The highest BCUT2D eigenvalue weighted by molar-refractivity contribution is 7.90. The second-order valence-corrected chi connectivity index (χ2v) is 9.27. The summed E-state index contributed by atoms with van der Waals surface area (Å²) in [6.45, 7) is -1.53. The molecular formula is C16H25F6NO4S. The van der Waals surface area contributed by atoms with Crippen LogP contribution in [0.1, 0.15) is 51.9 Å². The highest BCUT2D eigenvalue weighted by atomic mass is 32.2. The Morgan fingerprint density at radius 2 is 1.32 bits per heavy atom. The van der Waals surface area contributed by atoms with Crippen LogP contribution in [0.25, 0.3) is 0 Å². The van der Waals surface area contributed by atoms with Crippen molar-refractivity contribution in [1.82, 2.24) is 4.31 Å². The minimum Gasteiger partial charge on any atom is -0.352 e. The van der Waals surface area contributed by atoms with E-state index in [1.54, 1.807) is 0 Å². The molecule has 2 aliphatic rings. The Bertz CT molecular complexity index is 611. The molecule has 1 saturated carbocycles. The lowest BCUT2D eigenvalue weighted by molar-refractivity contribution is -0.272. The fraction of sp³-hybridized carbons (Fsp3) is 1.00. The number of rotatable bonds is 8. The summed E-state index contributed by atoms with van der Waals surface area (Å²) in [7, 11) is -5.98. The van der Waals surface area contributed by atoms with Gasteiger partial charge in [-0.2, -0.15) is 30.6 Å². The van der Waals surface area contributed by atoms with Crippen LogP contribution in [-0.2, 0) is 19.5 Å². The Hall–Kier alpha value is -0.590. The molecule has 1 aliphatic carbocycles. The quantitative estimate of drug-likeness (QED) is 0.422. The Balaban J connectivity index is 1.88. The van der Waals surface area contributed by atoms with Crippen molar-refractivity contribution in [2.75, 3.05) is 19.9 Å². The van der Waals surface area contributed by atoms with Crippen molar-refractivity contribution in [3.05, 3.63) is 0 Å². The SMILES string of the molecule is CC(F)(F)C(F)(F)C(F)(F)S(=O)(=O)N1CCC(OCOC2CCCCC2)CC1. The maximum absolute atomic E-state index is 13.9. The molecule has 1 heterocycles. The molecule has 0 amide bonds. The lowest BCUT2D eigenvalue weighted by Crippen LogP contribution is -2.61. The summed E-state index contributed by atoms with van der Waals surface area (Å²) in [5.41, 5.74) is 0. The highest BCUT2D eigenvalue weighted by Crippen LogP contribution is 2.49. The molecule has 0 aromatic carbocycles. The molecule has 2 rings (SSSR count). The van der Waals surface area contributed by atoms with Gasteiger partial charge in [0, 0.05) is 20.0 Å². The highest BCUT2D eigenvalue weighted by Gasteiger charge is 2.76. The van der Waals surface area contributed by atoms with Crippen LogP contribution in [0.2, 0.25) is 0 Å². The molecule has 28 heavy (non-hydrogen) atoms.